The number of nitrogens with zero attached hydrogens (tertiary/aromatic N) is 1. The molecule has 0 fully saturated rings. The number of carbonyl (C=O) groups excluding carboxylic acids is 2. The largest absolute Gasteiger partial charge is 0.449 e. The molecular weight excluding hydrogens is 375 g/mol. The molecule has 1 heterocycles. The fourth-order valence-corrected chi connectivity index (χ4v) is 3.22. The maximum absolute atomic E-state index is 12.5. The molecule has 2 rings (SSSR count). The SMILES string of the molecule is Cc1cc(C(=O)O[C@@H](C)C(=O)Nc2cc(Cl)ccc2Cl)c(C)n1C(C)C. The molecule has 0 aliphatic carbocycles. The zero-order valence-electron chi connectivity index (χ0n) is 15.4. The topological polar surface area (TPSA) is 60.3 Å². The fourth-order valence-electron chi connectivity index (χ4n) is 2.88. The molecule has 1 atom stereocenters. The van der Waals surface area contributed by atoms with Crippen molar-refractivity contribution in [3.63, 3.8) is 0 Å². The minimum atomic E-state index is -0.986. The molecule has 2 aromatic rings. The van der Waals surface area contributed by atoms with Gasteiger partial charge in [-0.25, -0.2) is 4.79 Å². The molecular formula is C19H22Cl2N2O3. The Morgan fingerprint density at radius 1 is 1.12 bits per heavy atom. The summed E-state index contributed by atoms with van der Waals surface area (Å²) in [5.41, 5.74) is 2.60. The van der Waals surface area contributed by atoms with Crippen molar-refractivity contribution in [3.05, 3.63) is 51.3 Å². The lowest BCUT2D eigenvalue weighted by Gasteiger charge is -2.15. The van der Waals surface area contributed by atoms with Crippen molar-refractivity contribution in [2.45, 2.75) is 46.8 Å². The van der Waals surface area contributed by atoms with Gasteiger partial charge in [0.25, 0.3) is 5.91 Å². The van der Waals surface area contributed by atoms with Gasteiger partial charge >= 0.3 is 5.97 Å². The number of hydrogen-bond acceptors (Lipinski definition) is 3. The van der Waals surface area contributed by atoms with Crippen molar-refractivity contribution in [2.24, 2.45) is 0 Å². The molecule has 5 nitrogen and oxygen atoms in total. The highest BCUT2D eigenvalue weighted by Crippen LogP contribution is 2.26. The molecule has 0 bridgehead atoms. The molecule has 0 saturated carbocycles. The summed E-state index contributed by atoms with van der Waals surface area (Å²) < 4.78 is 7.38. The second kappa shape index (κ2) is 8.14. The average Bonchev–Trinajstić information content (AvgIpc) is 2.85. The number of nitrogens with one attached hydrogen (secondary N) is 1. The van der Waals surface area contributed by atoms with E-state index in [0.717, 1.165) is 11.4 Å². The predicted octanol–water partition coefficient (Wildman–Crippen LogP) is 5.18. The predicted molar refractivity (Wildman–Crippen MR) is 104 cm³/mol. The lowest BCUT2D eigenvalue weighted by molar-refractivity contribution is -0.123. The lowest BCUT2D eigenvalue weighted by Crippen LogP contribution is -2.30. The summed E-state index contributed by atoms with van der Waals surface area (Å²) >= 11 is 11.9. The van der Waals surface area contributed by atoms with Crippen LogP contribution in [0.1, 0.15) is 48.6 Å². The van der Waals surface area contributed by atoms with Crippen LogP contribution in [0.2, 0.25) is 10.0 Å². The van der Waals surface area contributed by atoms with Gasteiger partial charge in [-0.05, 0) is 58.9 Å². The Hall–Kier alpha value is -1.98. The summed E-state index contributed by atoms with van der Waals surface area (Å²) in [7, 11) is 0. The quantitative estimate of drug-likeness (QED) is 0.708. The zero-order chi connectivity index (χ0) is 19.6. The number of aryl methyl sites for hydroxylation is 1. The smallest absolute Gasteiger partial charge is 0.340 e. The Morgan fingerprint density at radius 3 is 2.35 bits per heavy atom. The standard InChI is InChI=1S/C19H22Cl2N2O3/c1-10(2)23-11(3)8-15(12(23)4)19(25)26-13(5)18(24)22-17-9-14(20)6-7-16(17)21/h6-10,13H,1-5H3,(H,22,24)/t13-/m0/s1. The van der Waals surface area contributed by atoms with Crippen LogP contribution in [0, 0.1) is 13.8 Å². The van der Waals surface area contributed by atoms with Crippen LogP contribution in [0.5, 0.6) is 0 Å². The van der Waals surface area contributed by atoms with Crippen molar-refractivity contribution >= 4 is 40.8 Å². The first kappa shape index (κ1) is 20.3. The summed E-state index contributed by atoms with van der Waals surface area (Å²) in [4.78, 5) is 24.8. The van der Waals surface area contributed by atoms with E-state index in [1.165, 1.54) is 13.0 Å². The van der Waals surface area contributed by atoms with E-state index in [4.69, 9.17) is 27.9 Å². The van der Waals surface area contributed by atoms with E-state index in [1.54, 1.807) is 18.2 Å². The summed E-state index contributed by atoms with van der Waals surface area (Å²) in [6.45, 7) is 9.38. The number of carbonyl (C=O) groups is 2. The van der Waals surface area contributed by atoms with Crippen LogP contribution in [0.4, 0.5) is 5.69 Å². The molecule has 140 valence electrons. The van der Waals surface area contributed by atoms with Gasteiger partial charge in [-0.15, -0.1) is 0 Å². The maximum atomic E-state index is 12.5. The first-order valence-corrected chi connectivity index (χ1v) is 9.02. The first-order chi connectivity index (χ1) is 12.1. The van der Waals surface area contributed by atoms with Crippen molar-refractivity contribution in [1.82, 2.24) is 4.57 Å². The van der Waals surface area contributed by atoms with Crippen molar-refractivity contribution in [2.75, 3.05) is 5.32 Å². The number of anilines is 1. The average molecular weight is 397 g/mol. The van der Waals surface area contributed by atoms with Gasteiger partial charge in [0.15, 0.2) is 6.10 Å². The van der Waals surface area contributed by atoms with Crippen LogP contribution < -0.4 is 5.32 Å². The number of hydrogen-bond donors (Lipinski definition) is 1. The summed E-state index contributed by atoms with van der Waals surface area (Å²) in [6, 6.07) is 6.73. The molecule has 0 aliphatic heterocycles. The van der Waals surface area contributed by atoms with Crippen LogP contribution in [0.15, 0.2) is 24.3 Å². The van der Waals surface area contributed by atoms with Gasteiger partial charge < -0.3 is 14.6 Å². The van der Waals surface area contributed by atoms with E-state index in [-0.39, 0.29) is 6.04 Å². The summed E-state index contributed by atoms with van der Waals surface area (Å²) in [5.74, 6) is -1.02. The first-order valence-electron chi connectivity index (χ1n) is 8.27. The molecule has 1 aromatic heterocycles. The molecule has 0 saturated heterocycles. The fraction of sp³-hybridized carbons (Fsp3) is 0.368. The number of rotatable bonds is 5. The minimum absolute atomic E-state index is 0.224. The third-order valence-electron chi connectivity index (χ3n) is 4.06. The van der Waals surface area contributed by atoms with E-state index < -0.39 is 18.0 Å². The van der Waals surface area contributed by atoms with E-state index in [1.807, 2.05) is 32.3 Å². The highest BCUT2D eigenvalue weighted by molar-refractivity contribution is 6.35. The van der Waals surface area contributed by atoms with Crippen LogP contribution in [-0.4, -0.2) is 22.5 Å². The van der Waals surface area contributed by atoms with Crippen LogP contribution in [0.3, 0.4) is 0 Å². The number of amides is 1. The number of benzene rings is 1. The lowest BCUT2D eigenvalue weighted by atomic mass is 10.2. The van der Waals surface area contributed by atoms with Crippen LogP contribution in [-0.2, 0) is 9.53 Å². The van der Waals surface area contributed by atoms with E-state index in [2.05, 4.69) is 5.32 Å². The number of ether oxygens (including phenoxy) is 1. The van der Waals surface area contributed by atoms with Gasteiger partial charge in [-0.1, -0.05) is 23.2 Å². The molecule has 1 amide bonds. The molecule has 26 heavy (non-hydrogen) atoms. The van der Waals surface area contributed by atoms with Crippen LogP contribution in [0.25, 0.3) is 0 Å². The normalized spacial score (nSPS) is 12.2. The van der Waals surface area contributed by atoms with Gasteiger partial charge in [-0.2, -0.15) is 0 Å². The Kier molecular flexibility index (Phi) is 6.37. The Balaban J connectivity index is 2.10. The summed E-state index contributed by atoms with van der Waals surface area (Å²) in [6.07, 6.45) is -0.986. The molecule has 0 aliphatic rings. The number of esters is 1. The van der Waals surface area contributed by atoms with Crippen LogP contribution >= 0.6 is 23.2 Å². The van der Waals surface area contributed by atoms with E-state index in [0.29, 0.717) is 21.3 Å². The summed E-state index contributed by atoms with van der Waals surface area (Å²) in [5, 5.41) is 3.41. The van der Waals surface area contributed by atoms with E-state index in [9.17, 15) is 9.59 Å². The third kappa shape index (κ3) is 4.40. The Bertz CT molecular complexity index is 844. The monoisotopic (exact) mass is 396 g/mol. The third-order valence-corrected chi connectivity index (χ3v) is 4.62. The molecule has 1 N–H and O–H groups in total. The van der Waals surface area contributed by atoms with E-state index >= 15 is 0 Å². The maximum Gasteiger partial charge on any atom is 0.340 e. The van der Waals surface area contributed by atoms with Crippen molar-refractivity contribution in [3.8, 4) is 0 Å². The second-order valence-corrected chi connectivity index (χ2v) is 7.25. The highest BCUT2D eigenvalue weighted by atomic mass is 35.5. The molecule has 0 spiro atoms. The van der Waals surface area contributed by atoms with Gasteiger partial charge in [0.1, 0.15) is 0 Å². The number of aromatic nitrogens is 1. The molecule has 0 unspecified atom stereocenters. The highest BCUT2D eigenvalue weighted by Gasteiger charge is 2.23. The van der Waals surface area contributed by atoms with Gasteiger partial charge in [0, 0.05) is 22.5 Å². The molecule has 7 heteroatoms. The minimum Gasteiger partial charge on any atom is -0.449 e. The molecule has 0 radical (unpaired) electrons. The Labute approximate surface area is 163 Å². The second-order valence-electron chi connectivity index (χ2n) is 6.41. The molecule has 1 aromatic carbocycles. The number of halogens is 2. The van der Waals surface area contributed by atoms with Crippen molar-refractivity contribution in [1.29, 1.82) is 0 Å². The van der Waals surface area contributed by atoms with Gasteiger partial charge in [0.2, 0.25) is 0 Å². The van der Waals surface area contributed by atoms with Gasteiger partial charge in [-0.3, -0.25) is 4.79 Å². The van der Waals surface area contributed by atoms with Gasteiger partial charge in [0.05, 0.1) is 16.3 Å². The van der Waals surface area contributed by atoms with Crippen molar-refractivity contribution < 1.29 is 14.3 Å². The zero-order valence-corrected chi connectivity index (χ0v) is 16.9. The Morgan fingerprint density at radius 2 is 1.77 bits per heavy atom.